The molecule has 168 valence electrons. The van der Waals surface area contributed by atoms with Gasteiger partial charge in [0.2, 0.25) is 11.8 Å². The molecule has 0 N–H and O–H groups in total. The van der Waals surface area contributed by atoms with Crippen molar-refractivity contribution in [3.05, 3.63) is 59.7 Å². The van der Waals surface area contributed by atoms with E-state index in [0.29, 0.717) is 0 Å². The van der Waals surface area contributed by atoms with Crippen molar-refractivity contribution >= 4 is 23.2 Å². The van der Waals surface area contributed by atoms with Crippen LogP contribution in [0.3, 0.4) is 0 Å². The fraction of sp³-hybridized carbons (Fsp3) is 0.481. The number of carbonyl (C=O) groups excluding carboxylic acids is 2. The van der Waals surface area contributed by atoms with Gasteiger partial charge in [-0.25, -0.2) is 0 Å². The van der Waals surface area contributed by atoms with Gasteiger partial charge in [-0.1, -0.05) is 43.2 Å². The van der Waals surface area contributed by atoms with Crippen LogP contribution in [0, 0.1) is 18.8 Å². The Hall–Kier alpha value is -2.82. The fourth-order valence-corrected chi connectivity index (χ4v) is 5.73. The Morgan fingerprint density at radius 1 is 0.812 bits per heavy atom. The van der Waals surface area contributed by atoms with Crippen LogP contribution in [0.5, 0.6) is 0 Å². The molecule has 2 heterocycles. The van der Waals surface area contributed by atoms with Gasteiger partial charge in [-0.15, -0.1) is 0 Å². The van der Waals surface area contributed by atoms with Gasteiger partial charge >= 0.3 is 0 Å². The Balaban J connectivity index is 1.26. The molecule has 2 atom stereocenters. The molecule has 2 aromatic rings. The molecule has 1 aliphatic carbocycles. The molecule has 0 radical (unpaired) electrons. The lowest BCUT2D eigenvalue weighted by Gasteiger charge is -2.40. The molecular weight excluding hydrogens is 398 g/mol. The van der Waals surface area contributed by atoms with Crippen molar-refractivity contribution in [2.75, 3.05) is 42.5 Å². The summed E-state index contributed by atoms with van der Waals surface area (Å²) in [7, 11) is 0. The first-order valence-corrected chi connectivity index (χ1v) is 12.1. The van der Waals surface area contributed by atoms with Gasteiger partial charge in [-0.05, 0) is 55.5 Å². The summed E-state index contributed by atoms with van der Waals surface area (Å²) in [6, 6.07) is 16.8. The second-order valence-corrected chi connectivity index (χ2v) is 9.52. The van der Waals surface area contributed by atoms with Crippen molar-refractivity contribution in [1.82, 2.24) is 4.90 Å². The molecule has 1 saturated heterocycles. The number of para-hydroxylation sites is 1. The standard InChI is InChI=1S/C27H33N3O2/c1-20-7-6-9-22(19-20)28-15-17-29(18-16-28)26(31)23-10-3-4-11-24(23)27(32)30-14-13-21-8-2-5-12-25(21)30/h2,5-9,12,19,23-24H,3-4,10-11,13-18H2,1H3/t23-,24-/m0/s1. The van der Waals surface area contributed by atoms with Crippen LogP contribution in [0.2, 0.25) is 0 Å². The van der Waals surface area contributed by atoms with Crippen LogP contribution in [0.15, 0.2) is 48.5 Å². The molecule has 2 fully saturated rings. The number of hydrogen-bond acceptors (Lipinski definition) is 3. The van der Waals surface area contributed by atoms with Crippen molar-refractivity contribution < 1.29 is 9.59 Å². The molecule has 2 aliphatic heterocycles. The number of rotatable bonds is 3. The van der Waals surface area contributed by atoms with E-state index in [1.807, 2.05) is 28.0 Å². The van der Waals surface area contributed by atoms with Crippen LogP contribution in [-0.2, 0) is 16.0 Å². The third kappa shape index (κ3) is 4.01. The van der Waals surface area contributed by atoms with Gasteiger partial charge in [0.05, 0.1) is 5.92 Å². The minimum atomic E-state index is -0.183. The zero-order valence-corrected chi connectivity index (χ0v) is 19.0. The minimum absolute atomic E-state index is 0.159. The second kappa shape index (κ2) is 8.97. The lowest BCUT2D eigenvalue weighted by atomic mass is 9.77. The van der Waals surface area contributed by atoms with E-state index in [4.69, 9.17) is 0 Å². The zero-order valence-electron chi connectivity index (χ0n) is 19.0. The maximum atomic E-state index is 13.6. The van der Waals surface area contributed by atoms with Crippen molar-refractivity contribution in [1.29, 1.82) is 0 Å². The van der Waals surface area contributed by atoms with E-state index in [1.54, 1.807) is 0 Å². The number of carbonyl (C=O) groups is 2. The van der Waals surface area contributed by atoms with Crippen molar-refractivity contribution in [2.45, 2.75) is 39.0 Å². The highest BCUT2D eigenvalue weighted by atomic mass is 16.2. The van der Waals surface area contributed by atoms with Crippen LogP contribution < -0.4 is 9.80 Å². The summed E-state index contributed by atoms with van der Waals surface area (Å²) in [6.45, 7) is 6.01. The molecule has 5 rings (SSSR count). The Kier molecular flexibility index (Phi) is 5.90. The highest BCUT2D eigenvalue weighted by Gasteiger charge is 2.41. The molecule has 2 aromatic carbocycles. The van der Waals surface area contributed by atoms with Crippen LogP contribution in [0.4, 0.5) is 11.4 Å². The van der Waals surface area contributed by atoms with E-state index in [1.165, 1.54) is 16.8 Å². The summed E-state index contributed by atoms with van der Waals surface area (Å²) < 4.78 is 0. The molecule has 0 spiro atoms. The summed E-state index contributed by atoms with van der Waals surface area (Å²) >= 11 is 0. The van der Waals surface area contributed by atoms with Gasteiger partial charge in [0.25, 0.3) is 0 Å². The van der Waals surface area contributed by atoms with E-state index in [0.717, 1.165) is 70.5 Å². The molecule has 2 amide bonds. The van der Waals surface area contributed by atoms with E-state index < -0.39 is 0 Å². The lowest BCUT2D eigenvalue weighted by Crippen LogP contribution is -2.53. The van der Waals surface area contributed by atoms with E-state index in [9.17, 15) is 9.59 Å². The van der Waals surface area contributed by atoms with E-state index in [-0.39, 0.29) is 23.7 Å². The topological polar surface area (TPSA) is 43.9 Å². The van der Waals surface area contributed by atoms with E-state index >= 15 is 0 Å². The molecule has 5 nitrogen and oxygen atoms in total. The normalized spacial score (nSPS) is 23.2. The van der Waals surface area contributed by atoms with Gasteiger partial charge < -0.3 is 14.7 Å². The molecule has 3 aliphatic rings. The fourth-order valence-electron chi connectivity index (χ4n) is 5.73. The Morgan fingerprint density at radius 2 is 1.53 bits per heavy atom. The summed E-state index contributed by atoms with van der Waals surface area (Å²) in [5, 5.41) is 0. The lowest BCUT2D eigenvalue weighted by molar-refractivity contribution is -0.143. The van der Waals surface area contributed by atoms with Crippen LogP contribution in [-0.4, -0.2) is 49.4 Å². The SMILES string of the molecule is Cc1cccc(N2CCN(C(=O)[C@H]3CCCC[C@@H]3C(=O)N3CCc4ccccc43)CC2)c1. The highest BCUT2D eigenvalue weighted by molar-refractivity contribution is 5.99. The largest absolute Gasteiger partial charge is 0.368 e. The van der Waals surface area contributed by atoms with Crippen LogP contribution in [0.1, 0.15) is 36.8 Å². The maximum Gasteiger partial charge on any atom is 0.230 e. The summed E-state index contributed by atoms with van der Waals surface area (Å²) in [5.74, 6) is -0.00226. The van der Waals surface area contributed by atoms with Gasteiger partial charge in [0, 0.05) is 50.0 Å². The number of amides is 2. The van der Waals surface area contributed by atoms with Gasteiger partial charge in [0.15, 0.2) is 0 Å². The van der Waals surface area contributed by atoms with Crippen LogP contribution in [0.25, 0.3) is 0 Å². The predicted octanol–water partition coefficient (Wildman–Crippen LogP) is 4.04. The molecule has 0 aromatic heterocycles. The minimum Gasteiger partial charge on any atom is -0.368 e. The number of piperazine rings is 1. The van der Waals surface area contributed by atoms with Gasteiger partial charge in [0.1, 0.15) is 0 Å². The van der Waals surface area contributed by atoms with Crippen molar-refractivity contribution in [3.8, 4) is 0 Å². The highest BCUT2D eigenvalue weighted by Crippen LogP contribution is 2.37. The molecular formula is C27H33N3O2. The maximum absolute atomic E-state index is 13.6. The smallest absolute Gasteiger partial charge is 0.230 e. The first-order valence-electron chi connectivity index (χ1n) is 12.1. The number of aryl methyl sites for hydroxylation is 1. The number of fused-ring (bicyclic) bond motifs is 1. The van der Waals surface area contributed by atoms with Crippen molar-refractivity contribution in [3.63, 3.8) is 0 Å². The molecule has 0 bridgehead atoms. The Bertz CT molecular complexity index is 996. The monoisotopic (exact) mass is 431 g/mol. The first-order chi connectivity index (χ1) is 15.6. The average molecular weight is 432 g/mol. The summed E-state index contributed by atoms with van der Waals surface area (Å²) in [6.07, 6.45) is 4.66. The molecule has 0 unspecified atom stereocenters. The third-order valence-corrected chi connectivity index (χ3v) is 7.51. The number of hydrogen-bond donors (Lipinski definition) is 0. The molecule has 5 heteroatoms. The van der Waals surface area contributed by atoms with Gasteiger partial charge in [-0.3, -0.25) is 9.59 Å². The van der Waals surface area contributed by atoms with Gasteiger partial charge in [-0.2, -0.15) is 0 Å². The quantitative estimate of drug-likeness (QED) is 0.737. The first kappa shape index (κ1) is 21.0. The summed E-state index contributed by atoms with van der Waals surface area (Å²) in [4.78, 5) is 33.5. The Morgan fingerprint density at radius 3 is 2.28 bits per heavy atom. The predicted molar refractivity (Wildman–Crippen MR) is 128 cm³/mol. The average Bonchev–Trinajstić information content (AvgIpc) is 3.27. The van der Waals surface area contributed by atoms with E-state index in [2.05, 4.69) is 42.2 Å². The number of nitrogens with zero attached hydrogens (tertiary/aromatic N) is 3. The third-order valence-electron chi connectivity index (χ3n) is 7.51. The zero-order chi connectivity index (χ0) is 22.1. The van der Waals surface area contributed by atoms with Crippen molar-refractivity contribution in [2.24, 2.45) is 11.8 Å². The van der Waals surface area contributed by atoms with Crippen LogP contribution >= 0.6 is 0 Å². The summed E-state index contributed by atoms with van der Waals surface area (Å²) in [5.41, 5.74) is 4.77. The second-order valence-electron chi connectivity index (χ2n) is 9.52. The Labute approximate surface area is 191 Å². The number of anilines is 2. The number of benzene rings is 2. The molecule has 32 heavy (non-hydrogen) atoms. The molecule has 1 saturated carbocycles.